The summed E-state index contributed by atoms with van der Waals surface area (Å²) in [6.07, 6.45) is 6.05. The Morgan fingerprint density at radius 2 is 2.53 bits per heavy atom. The predicted molar refractivity (Wildman–Crippen MR) is 64.6 cm³/mol. The molecule has 5 heteroatoms. The van der Waals surface area contributed by atoms with Gasteiger partial charge in [-0.1, -0.05) is 0 Å². The number of aromatic nitrogens is 2. The van der Waals surface area contributed by atoms with Crippen molar-refractivity contribution in [1.82, 2.24) is 9.97 Å². The van der Waals surface area contributed by atoms with Crippen molar-refractivity contribution >= 4 is 22.6 Å². The van der Waals surface area contributed by atoms with Gasteiger partial charge >= 0.3 is 0 Å². The molecule has 1 saturated heterocycles. The van der Waals surface area contributed by atoms with Crippen LogP contribution in [0.4, 0.5) is 0 Å². The van der Waals surface area contributed by atoms with E-state index in [0.717, 1.165) is 35.4 Å². The van der Waals surface area contributed by atoms with E-state index in [9.17, 15) is 0 Å². The van der Waals surface area contributed by atoms with Gasteiger partial charge in [0.1, 0.15) is 5.82 Å². The van der Waals surface area contributed by atoms with E-state index in [1.807, 2.05) is 6.20 Å². The van der Waals surface area contributed by atoms with Crippen LogP contribution in [0.5, 0.6) is 0 Å². The molecule has 1 aliphatic heterocycles. The van der Waals surface area contributed by atoms with Crippen molar-refractivity contribution in [1.29, 1.82) is 0 Å². The van der Waals surface area contributed by atoms with Gasteiger partial charge in [0.15, 0.2) is 6.29 Å². The molecule has 4 nitrogen and oxygen atoms in total. The molecule has 1 N–H and O–H groups in total. The standard InChI is InChI=1S/C10H15IN2O2/c11-8-7-12-9(13-8)4-6-15-10-3-1-2-5-14-10/h7,10H,1-6H2,(H,12,13). The van der Waals surface area contributed by atoms with Crippen LogP contribution >= 0.6 is 22.6 Å². The molecule has 0 aromatic carbocycles. The van der Waals surface area contributed by atoms with Crippen LogP contribution in [-0.4, -0.2) is 29.5 Å². The molecule has 1 aromatic rings. The summed E-state index contributed by atoms with van der Waals surface area (Å²) in [4.78, 5) is 7.38. The number of ether oxygens (including phenoxy) is 2. The van der Waals surface area contributed by atoms with Gasteiger partial charge < -0.3 is 14.5 Å². The molecule has 0 amide bonds. The van der Waals surface area contributed by atoms with Gasteiger partial charge in [-0.3, -0.25) is 0 Å². The Morgan fingerprint density at radius 3 is 3.20 bits per heavy atom. The Morgan fingerprint density at radius 1 is 1.60 bits per heavy atom. The summed E-state index contributed by atoms with van der Waals surface area (Å²) in [7, 11) is 0. The molecule has 1 aliphatic rings. The van der Waals surface area contributed by atoms with E-state index in [0.29, 0.717) is 6.61 Å². The van der Waals surface area contributed by atoms with Gasteiger partial charge in [0.25, 0.3) is 0 Å². The van der Waals surface area contributed by atoms with Crippen LogP contribution in [0.3, 0.4) is 0 Å². The van der Waals surface area contributed by atoms with Crippen LogP contribution in [0.15, 0.2) is 6.20 Å². The van der Waals surface area contributed by atoms with Gasteiger partial charge in [-0.2, -0.15) is 0 Å². The fraction of sp³-hybridized carbons (Fsp3) is 0.700. The second-order valence-electron chi connectivity index (χ2n) is 3.59. The second kappa shape index (κ2) is 5.81. The number of hydrogen-bond acceptors (Lipinski definition) is 3. The molecular weight excluding hydrogens is 307 g/mol. The van der Waals surface area contributed by atoms with Crippen molar-refractivity contribution in [2.75, 3.05) is 13.2 Å². The van der Waals surface area contributed by atoms with Crippen LogP contribution in [0, 0.1) is 3.70 Å². The molecule has 0 saturated carbocycles. The molecule has 84 valence electrons. The van der Waals surface area contributed by atoms with E-state index in [-0.39, 0.29) is 6.29 Å². The van der Waals surface area contributed by atoms with E-state index >= 15 is 0 Å². The Labute approximate surface area is 103 Å². The zero-order chi connectivity index (χ0) is 10.5. The number of hydrogen-bond donors (Lipinski definition) is 1. The largest absolute Gasteiger partial charge is 0.353 e. The lowest BCUT2D eigenvalue weighted by Crippen LogP contribution is -2.23. The highest BCUT2D eigenvalue weighted by molar-refractivity contribution is 14.1. The zero-order valence-electron chi connectivity index (χ0n) is 8.54. The lowest BCUT2D eigenvalue weighted by Gasteiger charge is -2.22. The third-order valence-corrected chi connectivity index (χ3v) is 2.93. The van der Waals surface area contributed by atoms with Crippen LogP contribution in [0.2, 0.25) is 0 Å². The molecule has 1 fully saturated rings. The second-order valence-corrected chi connectivity index (χ2v) is 4.76. The molecule has 1 aromatic heterocycles. The summed E-state index contributed by atoms with van der Waals surface area (Å²) in [5, 5.41) is 0. The number of imidazole rings is 1. The van der Waals surface area contributed by atoms with Crippen molar-refractivity contribution in [3.05, 3.63) is 15.7 Å². The summed E-state index contributed by atoms with van der Waals surface area (Å²) in [6, 6.07) is 0. The molecular formula is C10H15IN2O2. The maximum atomic E-state index is 5.61. The molecule has 15 heavy (non-hydrogen) atoms. The van der Waals surface area contributed by atoms with E-state index in [1.165, 1.54) is 6.42 Å². The van der Waals surface area contributed by atoms with Crippen molar-refractivity contribution in [2.24, 2.45) is 0 Å². The summed E-state index contributed by atoms with van der Waals surface area (Å²) in [5.41, 5.74) is 0. The van der Waals surface area contributed by atoms with Gasteiger partial charge in [-0.15, -0.1) is 0 Å². The third-order valence-electron chi connectivity index (χ3n) is 2.38. The Kier molecular flexibility index (Phi) is 4.40. The van der Waals surface area contributed by atoms with E-state index < -0.39 is 0 Å². The smallest absolute Gasteiger partial charge is 0.157 e. The number of rotatable bonds is 4. The van der Waals surface area contributed by atoms with Gasteiger partial charge in [0.05, 0.1) is 16.5 Å². The van der Waals surface area contributed by atoms with Crippen molar-refractivity contribution in [3.63, 3.8) is 0 Å². The van der Waals surface area contributed by atoms with Crippen molar-refractivity contribution < 1.29 is 9.47 Å². The van der Waals surface area contributed by atoms with Crippen LogP contribution < -0.4 is 0 Å². The summed E-state index contributed by atoms with van der Waals surface area (Å²) < 4.78 is 12.1. The fourth-order valence-corrected chi connectivity index (χ4v) is 2.04. The Bertz CT molecular complexity index is 297. The monoisotopic (exact) mass is 322 g/mol. The van der Waals surface area contributed by atoms with Crippen LogP contribution in [0.25, 0.3) is 0 Å². The lowest BCUT2D eigenvalue weighted by atomic mass is 10.2. The number of halogens is 1. The molecule has 0 bridgehead atoms. The highest BCUT2D eigenvalue weighted by atomic mass is 127. The lowest BCUT2D eigenvalue weighted by molar-refractivity contribution is -0.161. The molecule has 2 rings (SSSR count). The first-order chi connectivity index (χ1) is 7.34. The fourth-order valence-electron chi connectivity index (χ4n) is 1.59. The van der Waals surface area contributed by atoms with Crippen LogP contribution in [-0.2, 0) is 15.9 Å². The summed E-state index contributed by atoms with van der Waals surface area (Å²) in [5.74, 6) is 0.982. The molecule has 0 spiro atoms. The molecule has 0 aliphatic carbocycles. The highest BCUT2D eigenvalue weighted by Gasteiger charge is 2.13. The normalized spacial score (nSPS) is 21.8. The minimum atomic E-state index is 0.00721. The minimum Gasteiger partial charge on any atom is -0.353 e. The van der Waals surface area contributed by atoms with E-state index in [2.05, 4.69) is 32.6 Å². The highest BCUT2D eigenvalue weighted by Crippen LogP contribution is 2.13. The number of nitrogens with zero attached hydrogens (tertiary/aromatic N) is 1. The first-order valence-corrected chi connectivity index (χ1v) is 6.35. The number of aromatic amines is 1. The van der Waals surface area contributed by atoms with Crippen molar-refractivity contribution in [2.45, 2.75) is 32.0 Å². The Balaban J connectivity index is 1.65. The Hall–Kier alpha value is -0.140. The van der Waals surface area contributed by atoms with Crippen molar-refractivity contribution in [3.8, 4) is 0 Å². The SMILES string of the molecule is Ic1cnc(CCOC2CCCCO2)[nH]1. The van der Waals surface area contributed by atoms with Gasteiger partial charge in [-0.25, -0.2) is 4.98 Å². The topological polar surface area (TPSA) is 47.1 Å². The van der Waals surface area contributed by atoms with Gasteiger partial charge in [0.2, 0.25) is 0 Å². The molecule has 2 heterocycles. The average Bonchev–Trinajstić information content (AvgIpc) is 2.66. The molecule has 1 unspecified atom stereocenters. The quantitative estimate of drug-likeness (QED) is 0.864. The summed E-state index contributed by atoms with van der Waals surface area (Å²) >= 11 is 2.21. The van der Waals surface area contributed by atoms with Crippen LogP contribution in [0.1, 0.15) is 25.1 Å². The van der Waals surface area contributed by atoms with Gasteiger partial charge in [0, 0.05) is 13.0 Å². The van der Waals surface area contributed by atoms with E-state index in [4.69, 9.17) is 9.47 Å². The first kappa shape index (κ1) is 11.3. The average molecular weight is 322 g/mol. The summed E-state index contributed by atoms with van der Waals surface area (Å²) in [6.45, 7) is 1.51. The molecule has 1 atom stereocenters. The third kappa shape index (κ3) is 3.73. The minimum absolute atomic E-state index is 0.00721. The predicted octanol–water partition coefficient (Wildman–Crippen LogP) is 2.10. The molecule has 0 radical (unpaired) electrons. The maximum Gasteiger partial charge on any atom is 0.157 e. The number of H-pyrrole nitrogens is 1. The van der Waals surface area contributed by atoms with E-state index in [1.54, 1.807) is 0 Å². The van der Waals surface area contributed by atoms with Gasteiger partial charge in [-0.05, 0) is 41.9 Å². The number of nitrogens with one attached hydrogen (secondary N) is 1. The zero-order valence-corrected chi connectivity index (χ0v) is 10.7. The maximum absolute atomic E-state index is 5.61. The first-order valence-electron chi connectivity index (χ1n) is 5.27.